The van der Waals surface area contributed by atoms with Crippen LogP contribution in [0.1, 0.15) is 47.9 Å². The highest BCUT2D eigenvalue weighted by molar-refractivity contribution is 5.92. The number of amides is 1. The van der Waals surface area contributed by atoms with E-state index in [1.165, 1.54) is 18.9 Å². The van der Waals surface area contributed by atoms with E-state index in [-0.39, 0.29) is 17.7 Å². The molecule has 2 bridgehead atoms. The molecular formula is C28H32N2O5. The predicted molar refractivity (Wildman–Crippen MR) is 129 cm³/mol. The van der Waals surface area contributed by atoms with Gasteiger partial charge in [-0.3, -0.25) is 9.69 Å². The molecule has 1 amide bonds. The van der Waals surface area contributed by atoms with Crippen molar-refractivity contribution < 1.29 is 24.5 Å². The summed E-state index contributed by atoms with van der Waals surface area (Å²) in [7, 11) is 1.74. The number of nitrogens with zero attached hydrogens (tertiary/aromatic N) is 2. The standard InChI is InChI=1S/C28H32N2O5/c1-16-21(31)7-6-19-11-22-28(34)26(30(22)13-17-3-4-17)12-20(25(33)27(28,15-26)24(16)19)29(2)23(32)8-5-18-9-10-35-14-18/h5-10,14,17,20,22,25,31,33-34H,3-4,11-13,15H2,1-2H3/b8-5+/t20-,22-,25+,26?,27+,28+/m1/s1. The van der Waals surface area contributed by atoms with E-state index in [4.69, 9.17) is 4.42 Å². The number of hydrogen-bond donors (Lipinski definition) is 3. The first-order valence-corrected chi connectivity index (χ1v) is 12.7. The summed E-state index contributed by atoms with van der Waals surface area (Å²) >= 11 is 0. The molecule has 5 fully saturated rings. The van der Waals surface area contributed by atoms with Gasteiger partial charge < -0.3 is 24.6 Å². The van der Waals surface area contributed by atoms with Crippen LogP contribution in [0.25, 0.3) is 6.08 Å². The minimum atomic E-state index is -1.05. The quantitative estimate of drug-likeness (QED) is 0.574. The van der Waals surface area contributed by atoms with Crippen molar-refractivity contribution in [1.29, 1.82) is 0 Å². The molecule has 6 atom stereocenters. The van der Waals surface area contributed by atoms with Crippen LogP contribution in [0.3, 0.4) is 0 Å². The topological polar surface area (TPSA) is 97.4 Å². The molecule has 1 aliphatic heterocycles. The summed E-state index contributed by atoms with van der Waals surface area (Å²) < 4.78 is 5.08. The normalized spacial score (nSPS) is 38.9. The van der Waals surface area contributed by atoms with Gasteiger partial charge in [-0.1, -0.05) is 6.07 Å². The fourth-order valence-corrected chi connectivity index (χ4v) is 8.37. The Hall–Kier alpha value is -2.61. The molecule has 1 aromatic heterocycles. The molecule has 2 heterocycles. The van der Waals surface area contributed by atoms with E-state index >= 15 is 0 Å². The first kappa shape index (κ1) is 21.7. The third-order valence-electron chi connectivity index (χ3n) is 10.1. The summed E-state index contributed by atoms with van der Waals surface area (Å²) in [6.45, 7) is 2.85. The molecule has 4 saturated carbocycles. The predicted octanol–water partition coefficient (Wildman–Crippen LogP) is 2.36. The lowest BCUT2D eigenvalue weighted by Gasteiger charge is -2.89. The number of carbonyl (C=O) groups is 1. The van der Waals surface area contributed by atoms with Gasteiger partial charge in [-0.15, -0.1) is 0 Å². The summed E-state index contributed by atoms with van der Waals surface area (Å²) in [5.74, 6) is 0.671. The van der Waals surface area contributed by atoms with E-state index in [9.17, 15) is 20.1 Å². The van der Waals surface area contributed by atoms with E-state index in [0.717, 1.165) is 35.2 Å². The molecule has 2 spiro atoms. The number of phenolic OH excluding ortho intramolecular Hbond substituents is 1. The molecule has 1 aromatic carbocycles. The van der Waals surface area contributed by atoms with Gasteiger partial charge >= 0.3 is 0 Å². The second-order valence-electron chi connectivity index (χ2n) is 11.6. The summed E-state index contributed by atoms with van der Waals surface area (Å²) in [5, 5.41) is 35.0. The molecule has 7 heteroatoms. The third kappa shape index (κ3) is 2.40. The van der Waals surface area contributed by atoms with Gasteiger partial charge in [0.1, 0.15) is 11.4 Å². The largest absolute Gasteiger partial charge is 0.508 e. The Balaban J connectivity index is 1.31. The second-order valence-corrected chi connectivity index (χ2v) is 11.6. The first-order chi connectivity index (χ1) is 16.7. The van der Waals surface area contributed by atoms with Crippen LogP contribution >= 0.6 is 0 Å². The zero-order valence-corrected chi connectivity index (χ0v) is 20.1. The Kier molecular flexibility index (Phi) is 4.19. The Morgan fingerprint density at radius 3 is 2.83 bits per heavy atom. The Bertz CT molecular complexity index is 1250. The van der Waals surface area contributed by atoms with Crippen molar-refractivity contribution in [1.82, 2.24) is 9.80 Å². The van der Waals surface area contributed by atoms with Crippen molar-refractivity contribution in [2.24, 2.45) is 5.92 Å². The van der Waals surface area contributed by atoms with Gasteiger partial charge in [0.2, 0.25) is 5.91 Å². The lowest BCUT2D eigenvalue weighted by Crippen LogP contribution is -3.04. The smallest absolute Gasteiger partial charge is 0.246 e. The monoisotopic (exact) mass is 476 g/mol. The molecule has 184 valence electrons. The van der Waals surface area contributed by atoms with Crippen LogP contribution < -0.4 is 0 Å². The van der Waals surface area contributed by atoms with Crippen molar-refractivity contribution in [2.75, 3.05) is 13.6 Å². The number of aromatic hydroxyl groups is 1. The minimum absolute atomic E-state index is 0.0362. The number of fused-ring (bicyclic) bond motifs is 3. The zero-order valence-electron chi connectivity index (χ0n) is 20.1. The number of phenols is 1. The van der Waals surface area contributed by atoms with Crippen LogP contribution in [0.4, 0.5) is 0 Å². The van der Waals surface area contributed by atoms with E-state index < -0.39 is 28.7 Å². The van der Waals surface area contributed by atoms with Gasteiger partial charge in [0, 0.05) is 31.3 Å². The maximum Gasteiger partial charge on any atom is 0.246 e. The number of aliphatic hydroxyl groups is 2. The van der Waals surface area contributed by atoms with E-state index in [0.29, 0.717) is 18.8 Å². The lowest BCUT2D eigenvalue weighted by atomic mass is 9.27. The average molecular weight is 477 g/mol. The van der Waals surface area contributed by atoms with Crippen LogP contribution in [0.15, 0.2) is 41.2 Å². The lowest BCUT2D eigenvalue weighted by molar-refractivity contribution is -0.412. The van der Waals surface area contributed by atoms with Crippen molar-refractivity contribution in [3.8, 4) is 5.75 Å². The van der Waals surface area contributed by atoms with Crippen LogP contribution in [0.5, 0.6) is 5.75 Å². The maximum absolute atomic E-state index is 13.2. The number of benzene rings is 1. The Morgan fingerprint density at radius 2 is 2.11 bits per heavy atom. The molecule has 1 saturated heterocycles. The number of furan rings is 1. The first-order valence-electron chi connectivity index (χ1n) is 12.7. The molecule has 3 N–H and O–H groups in total. The molecule has 0 radical (unpaired) electrons. The number of rotatable bonds is 5. The van der Waals surface area contributed by atoms with Crippen molar-refractivity contribution in [2.45, 2.75) is 73.8 Å². The summed E-state index contributed by atoms with van der Waals surface area (Å²) in [5.41, 5.74) is 1.14. The molecular weight excluding hydrogens is 444 g/mol. The number of likely N-dealkylation sites (tertiary alicyclic amines) is 1. The van der Waals surface area contributed by atoms with Crippen molar-refractivity contribution in [3.63, 3.8) is 0 Å². The SMILES string of the molecule is Cc1c(O)ccc2c1[C@@]13CC4(C[C@@H](N(C)C(=O)/C=C/c5ccoc5)[C@@H]1O)N(CC1CC1)[C@H](C2)[C@]43O. The Morgan fingerprint density at radius 1 is 1.31 bits per heavy atom. The van der Waals surface area contributed by atoms with Gasteiger partial charge in [-0.2, -0.15) is 0 Å². The second kappa shape index (κ2) is 6.78. The molecule has 1 unspecified atom stereocenters. The summed E-state index contributed by atoms with van der Waals surface area (Å²) in [4.78, 5) is 17.3. The number of hydrogen-bond acceptors (Lipinski definition) is 6. The van der Waals surface area contributed by atoms with Crippen LogP contribution in [-0.4, -0.2) is 73.9 Å². The molecule has 2 aromatic rings. The molecule has 6 aliphatic rings. The molecule has 35 heavy (non-hydrogen) atoms. The number of carbonyl (C=O) groups excluding carboxylic acids is 1. The van der Waals surface area contributed by atoms with E-state index in [2.05, 4.69) is 4.90 Å². The maximum atomic E-state index is 13.2. The van der Waals surface area contributed by atoms with Crippen molar-refractivity contribution >= 4 is 12.0 Å². The van der Waals surface area contributed by atoms with Crippen LogP contribution in [-0.2, 0) is 16.6 Å². The average Bonchev–Trinajstić information content (AvgIpc) is 3.51. The van der Waals surface area contributed by atoms with Gasteiger partial charge in [0.15, 0.2) is 0 Å². The number of piperidine rings is 1. The van der Waals surface area contributed by atoms with Crippen molar-refractivity contribution in [3.05, 3.63) is 59.1 Å². The zero-order chi connectivity index (χ0) is 24.3. The van der Waals surface area contributed by atoms with Crippen LogP contribution in [0, 0.1) is 12.8 Å². The van der Waals surface area contributed by atoms with Gasteiger partial charge in [-0.25, -0.2) is 0 Å². The molecule has 7 nitrogen and oxygen atoms in total. The van der Waals surface area contributed by atoms with Crippen LogP contribution in [0.2, 0.25) is 0 Å². The van der Waals surface area contributed by atoms with Gasteiger partial charge in [0.25, 0.3) is 0 Å². The summed E-state index contributed by atoms with van der Waals surface area (Å²) in [6.07, 6.45) is 9.81. The highest BCUT2D eigenvalue weighted by Crippen LogP contribution is 2.78. The third-order valence-corrected chi connectivity index (χ3v) is 10.1. The van der Waals surface area contributed by atoms with Gasteiger partial charge in [0.05, 0.1) is 35.6 Å². The van der Waals surface area contributed by atoms with E-state index in [1.807, 2.05) is 13.0 Å². The fraction of sp³-hybridized carbons (Fsp3) is 0.536. The highest BCUT2D eigenvalue weighted by Gasteiger charge is 2.92. The molecule has 5 aliphatic carbocycles. The highest BCUT2D eigenvalue weighted by atomic mass is 16.3. The minimum Gasteiger partial charge on any atom is -0.508 e. The van der Waals surface area contributed by atoms with E-state index in [1.54, 1.807) is 42.7 Å². The Labute approximate surface area is 204 Å². The summed E-state index contributed by atoms with van der Waals surface area (Å²) in [6, 6.07) is 4.99. The number of aliphatic hydroxyl groups excluding tert-OH is 1. The van der Waals surface area contributed by atoms with Gasteiger partial charge in [-0.05, 0) is 79.8 Å². The number of likely N-dealkylation sites (N-methyl/N-ethyl adjacent to an activating group) is 1. The molecule has 8 rings (SSSR count). The fourth-order valence-electron chi connectivity index (χ4n) is 8.37.